The van der Waals surface area contributed by atoms with Gasteiger partial charge in [-0.15, -0.1) is 11.3 Å². The third kappa shape index (κ3) is 2.61. The number of anilines is 2. The number of rotatable bonds is 2. The molecule has 2 rings (SSSR count). The first-order valence-corrected chi connectivity index (χ1v) is 6.50. The summed E-state index contributed by atoms with van der Waals surface area (Å²) in [5.41, 5.74) is 6.29. The van der Waals surface area contributed by atoms with E-state index in [9.17, 15) is 4.79 Å². The summed E-state index contributed by atoms with van der Waals surface area (Å²) >= 11 is 1.47. The van der Waals surface area contributed by atoms with Crippen molar-refractivity contribution < 1.29 is 9.53 Å². The summed E-state index contributed by atoms with van der Waals surface area (Å²) in [5.74, 6) is 0.0336. The third-order valence-electron chi connectivity index (χ3n) is 2.80. The van der Waals surface area contributed by atoms with E-state index in [1.54, 1.807) is 6.92 Å². The predicted octanol–water partition coefficient (Wildman–Crippen LogP) is 2.15. The molecule has 0 atom stereocenters. The Balaban J connectivity index is 2.22. The first kappa shape index (κ1) is 12.4. The lowest BCUT2D eigenvalue weighted by Gasteiger charge is -2.38. The van der Waals surface area contributed by atoms with E-state index in [1.807, 2.05) is 6.07 Å². The molecule has 1 aliphatic rings. The number of nitrogens with zero attached hydrogens (tertiary/aromatic N) is 1. The zero-order valence-electron chi connectivity index (χ0n) is 10.4. The molecule has 2 N–H and O–H groups in total. The second kappa shape index (κ2) is 4.31. The molecule has 1 aliphatic heterocycles. The lowest BCUT2D eigenvalue weighted by molar-refractivity contribution is -0.0275. The number of ketones is 1. The van der Waals surface area contributed by atoms with Crippen molar-refractivity contribution in [3.05, 3.63) is 10.9 Å². The maximum Gasteiger partial charge on any atom is 0.171 e. The molecule has 0 spiro atoms. The number of thiophene rings is 1. The third-order valence-corrected chi connectivity index (χ3v) is 4.12. The van der Waals surface area contributed by atoms with E-state index in [0.29, 0.717) is 17.2 Å². The van der Waals surface area contributed by atoms with Crippen molar-refractivity contribution in [1.29, 1.82) is 0 Å². The molecule has 1 aromatic heterocycles. The van der Waals surface area contributed by atoms with Crippen LogP contribution in [0.15, 0.2) is 6.07 Å². The van der Waals surface area contributed by atoms with Crippen LogP contribution in [0.1, 0.15) is 30.4 Å². The van der Waals surface area contributed by atoms with Crippen LogP contribution in [0.3, 0.4) is 0 Å². The Morgan fingerprint density at radius 3 is 2.82 bits per heavy atom. The van der Waals surface area contributed by atoms with Crippen LogP contribution in [0, 0.1) is 0 Å². The van der Waals surface area contributed by atoms with Gasteiger partial charge >= 0.3 is 0 Å². The number of morpholine rings is 1. The maximum absolute atomic E-state index is 11.4. The van der Waals surface area contributed by atoms with Crippen LogP contribution in [0.25, 0.3) is 0 Å². The number of Topliss-reactive ketones (excluding diaryl/α,β-unsaturated/α-hetero) is 1. The fraction of sp³-hybridized carbons (Fsp3) is 0.583. The zero-order chi connectivity index (χ0) is 12.6. The Bertz CT molecular complexity index is 440. The van der Waals surface area contributed by atoms with Crippen molar-refractivity contribution in [2.75, 3.05) is 30.3 Å². The quantitative estimate of drug-likeness (QED) is 0.822. The van der Waals surface area contributed by atoms with Gasteiger partial charge in [0.05, 0.1) is 27.8 Å². The molecule has 0 aromatic carbocycles. The highest BCUT2D eigenvalue weighted by atomic mass is 32.1. The van der Waals surface area contributed by atoms with Crippen LogP contribution < -0.4 is 10.6 Å². The van der Waals surface area contributed by atoms with Crippen LogP contribution in [0.5, 0.6) is 0 Å². The standard InChI is InChI=1S/C12H18N2O2S/c1-8(15)11-9(13)6-10(17-11)14-4-5-16-12(2,3)7-14/h6H,4-5,7,13H2,1-3H3. The molecule has 5 heteroatoms. The second-order valence-electron chi connectivity index (χ2n) is 4.95. The highest BCUT2D eigenvalue weighted by molar-refractivity contribution is 7.18. The number of carbonyl (C=O) groups excluding carboxylic acids is 1. The van der Waals surface area contributed by atoms with Gasteiger partial charge in [-0.3, -0.25) is 4.79 Å². The van der Waals surface area contributed by atoms with Crippen molar-refractivity contribution in [2.24, 2.45) is 0 Å². The summed E-state index contributed by atoms with van der Waals surface area (Å²) in [7, 11) is 0. The number of hydrogen-bond acceptors (Lipinski definition) is 5. The van der Waals surface area contributed by atoms with Gasteiger partial charge in [0.1, 0.15) is 0 Å². The fourth-order valence-electron chi connectivity index (χ4n) is 2.03. The van der Waals surface area contributed by atoms with Gasteiger partial charge in [-0.2, -0.15) is 0 Å². The van der Waals surface area contributed by atoms with E-state index in [0.717, 1.165) is 18.1 Å². The molecule has 94 valence electrons. The van der Waals surface area contributed by atoms with E-state index >= 15 is 0 Å². The summed E-state index contributed by atoms with van der Waals surface area (Å²) < 4.78 is 5.67. The maximum atomic E-state index is 11.4. The molecule has 0 saturated carbocycles. The zero-order valence-corrected chi connectivity index (χ0v) is 11.3. The van der Waals surface area contributed by atoms with Gasteiger partial charge in [0.2, 0.25) is 0 Å². The summed E-state index contributed by atoms with van der Waals surface area (Å²) in [6.45, 7) is 8.07. The Hall–Kier alpha value is -1.07. The van der Waals surface area contributed by atoms with Gasteiger partial charge in [-0.05, 0) is 19.9 Å². The van der Waals surface area contributed by atoms with E-state index in [2.05, 4.69) is 18.7 Å². The highest BCUT2D eigenvalue weighted by Crippen LogP contribution is 2.34. The topological polar surface area (TPSA) is 55.6 Å². The second-order valence-corrected chi connectivity index (χ2v) is 5.99. The summed E-state index contributed by atoms with van der Waals surface area (Å²) in [6, 6.07) is 1.89. The monoisotopic (exact) mass is 254 g/mol. The van der Waals surface area contributed by atoms with Crippen LogP contribution in [-0.4, -0.2) is 31.1 Å². The Morgan fingerprint density at radius 2 is 2.29 bits per heavy atom. The van der Waals surface area contributed by atoms with Gasteiger partial charge in [0.15, 0.2) is 5.78 Å². The van der Waals surface area contributed by atoms with Gasteiger partial charge in [-0.25, -0.2) is 0 Å². The summed E-state index contributed by atoms with van der Waals surface area (Å²) in [4.78, 5) is 14.3. The molecule has 0 bridgehead atoms. The molecular formula is C12H18N2O2S. The summed E-state index contributed by atoms with van der Waals surface area (Å²) in [6.07, 6.45) is 0. The highest BCUT2D eigenvalue weighted by Gasteiger charge is 2.28. The van der Waals surface area contributed by atoms with E-state index in [1.165, 1.54) is 11.3 Å². The van der Waals surface area contributed by atoms with Crippen LogP contribution in [-0.2, 0) is 4.74 Å². The number of nitrogen functional groups attached to an aromatic ring is 1. The SMILES string of the molecule is CC(=O)c1sc(N2CCOC(C)(C)C2)cc1N. The lowest BCUT2D eigenvalue weighted by Crippen LogP contribution is -2.48. The molecule has 0 unspecified atom stereocenters. The molecular weight excluding hydrogens is 236 g/mol. The minimum absolute atomic E-state index is 0.0336. The molecule has 0 radical (unpaired) electrons. The number of carbonyl (C=O) groups is 1. The molecule has 1 fully saturated rings. The van der Waals surface area contributed by atoms with Gasteiger partial charge < -0.3 is 15.4 Å². The van der Waals surface area contributed by atoms with E-state index in [-0.39, 0.29) is 11.4 Å². The fourth-order valence-corrected chi connectivity index (χ4v) is 3.03. The molecule has 4 nitrogen and oxygen atoms in total. The first-order valence-electron chi connectivity index (χ1n) is 5.68. The van der Waals surface area contributed by atoms with Crippen LogP contribution >= 0.6 is 11.3 Å². The van der Waals surface area contributed by atoms with Gasteiger partial charge in [0.25, 0.3) is 0 Å². The first-order chi connectivity index (χ1) is 7.89. The minimum atomic E-state index is -0.145. The normalized spacial score (nSPS) is 19.4. The average Bonchev–Trinajstić information content (AvgIpc) is 2.59. The van der Waals surface area contributed by atoms with Crippen LogP contribution in [0.2, 0.25) is 0 Å². The molecule has 2 heterocycles. The number of ether oxygens (including phenoxy) is 1. The molecule has 1 aromatic rings. The Kier molecular flexibility index (Phi) is 3.14. The van der Waals surface area contributed by atoms with Crippen molar-refractivity contribution in [1.82, 2.24) is 0 Å². The van der Waals surface area contributed by atoms with Gasteiger partial charge in [-0.1, -0.05) is 0 Å². The molecule has 0 aliphatic carbocycles. The van der Waals surface area contributed by atoms with Crippen molar-refractivity contribution >= 4 is 27.8 Å². The minimum Gasteiger partial charge on any atom is -0.397 e. The van der Waals surface area contributed by atoms with Crippen molar-refractivity contribution in [3.8, 4) is 0 Å². The number of hydrogen-bond donors (Lipinski definition) is 1. The van der Waals surface area contributed by atoms with Crippen molar-refractivity contribution in [3.63, 3.8) is 0 Å². The Labute approximate surface area is 105 Å². The smallest absolute Gasteiger partial charge is 0.171 e. The van der Waals surface area contributed by atoms with Crippen LogP contribution in [0.4, 0.5) is 10.7 Å². The molecule has 1 saturated heterocycles. The van der Waals surface area contributed by atoms with E-state index < -0.39 is 0 Å². The average molecular weight is 254 g/mol. The largest absolute Gasteiger partial charge is 0.397 e. The lowest BCUT2D eigenvalue weighted by atomic mass is 10.1. The predicted molar refractivity (Wildman–Crippen MR) is 71.0 cm³/mol. The van der Waals surface area contributed by atoms with Gasteiger partial charge in [0, 0.05) is 20.0 Å². The molecule has 17 heavy (non-hydrogen) atoms. The van der Waals surface area contributed by atoms with E-state index in [4.69, 9.17) is 10.5 Å². The summed E-state index contributed by atoms with van der Waals surface area (Å²) in [5, 5.41) is 1.06. The Morgan fingerprint density at radius 1 is 1.59 bits per heavy atom. The van der Waals surface area contributed by atoms with Crippen molar-refractivity contribution in [2.45, 2.75) is 26.4 Å². The number of nitrogens with two attached hydrogens (primary N) is 1. The molecule has 0 amide bonds.